The molecular formula is C13H13N3O2. The van der Waals surface area contributed by atoms with Crippen molar-refractivity contribution in [2.24, 2.45) is 0 Å². The molecule has 0 aliphatic rings. The van der Waals surface area contributed by atoms with Crippen LogP contribution in [0.3, 0.4) is 0 Å². The molecule has 0 saturated heterocycles. The third kappa shape index (κ3) is 2.45. The van der Waals surface area contributed by atoms with Crippen LogP contribution in [0.5, 0.6) is 0 Å². The summed E-state index contributed by atoms with van der Waals surface area (Å²) in [7, 11) is 0. The summed E-state index contributed by atoms with van der Waals surface area (Å²) in [5, 5.41) is 6.88. The van der Waals surface area contributed by atoms with Crippen molar-refractivity contribution in [3.63, 3.8) is 0 Å². The first-order chi connectivity index (χ1) is 8.74. The molecule has 0 fully saturated rings. The number of pyridine rings is 1. The van der Waals surface area contributed by atoms with E-state index in [2.05, 4.69) is 15.6 Å². The molecule has 0 radical (unpaired) electrons. The first kappa shape index (κ1) is 12.0. The summed E-state index contributed by atoms with van der Waals surface area (Å²) in [5.74, 6) is 0.455. The molecule has 18 heavy (non-hydrogen) atoms. The Morgan fingerprint density at radius 3 is 3.00 bits per heavy atom. The molecule has 1 heterocycles. The molecule has 5 nitrogen and oxygen atoms in total. The second-order valence-electron chi connectivity index (χ2n) is 3.74. The van der Waals surface area contributed by atoms with Crippen molar-refractivity contribution in [1.29, 1.82) is 0 Å². The van der Waals surface area contributed by atoms with Crippen LogP contribution in [0.1, 0.15) is 17.3 Å². The Morgan fingerprint density at radius 2 is 2.28 bits per heavy atom. The molecule has 0 unspecified atom stereocenters. The van der Waals surface area contributed by atoms with Gasteiger partial charge in [-0.1, -0.05) is 18.2 Å². The summed E-state index contributed by atoms with van der Waals surface area (Å²) < 4.78 is 0. The molecule has 92 valence electrons. The number of carbonyl (C=O) groups excluding carboxylic acids is 2. The third-order valence-electron chi connectivity index (χ3n) is 2.50. The highest BCUT2D eigenvalue weighted by Crippen LogP contribution is 2.19. The number of urea groups is 1. The number of nitrogens with zero attached hydrogens (tertiary/aromatic N) is 1. The Morgan fingerprint density at radius 1 is 1.44 bits per heavy atom. The van der Waals surface area contributed by atoms with Gasteiger partial charge in [0.05, 0.1) is 0 Å². The number of rotatable bonds is 3. The lowest BCUT2D eigenvalue weighted by Crippen LogP contribution is -2.28. The predicted octanol–water partition coefficient (Wildman–Crippen LogP) is 2.19. The van der Waals surface area contributed by atoms with Crippen molar-refractivity contribution in [3.05, 3.63) is 36.0 Å². The van der Waals surface area contributed by atoms with Gasteiger partial charge in [0, 0.05) is 23.7 Å². The Balaban J connectivity index is 2.33. The van der Waals surface area contributed by atoms with Crippen LogP contribution in [0.2, 0.25) is 0 Å². The van der Waals surface area contributed by atoms with Crippen LogP contribution >= 0.6 is 0 Å². The monoisotopic (exact) mass is 243 g/mol. The maximum absolute atomic E-state index is 11.4. The molecule has 2 N–H and O–H groups in total. The number of anilines is 1. The second kappa shape index (κ2) is 5.27. The van der Waals surface area contributed by atoms with E-state index in [9.17, 15) is 9.59 Å². The van der Waals surface area contributed by atoms with Crippen molar-refractivity contribution >= 4 is 28.9 Å². The van der Waals surface area contributed by atoms with Gasteiger partial charge in [-0.3, -0.25) is 10.1 Å². The van der Waals surface area contributed by atoms with Gasteiger partial charge in [-0.2, -0.15) is 0 Å². The highest BCUT2D eigenvalue weighted by Gasteiger charge is 2.04. The van der Waals surface area contributed by atoms with Gasteiger partial charge in [0.15, 0.2) is 6.29 Å². The lowest BCUT2D eigenvalue weighted by atomic mass is 10.1. The number of aromatic nitrogens is 1. The molecule has 2 rings (SSSR count). The topological polar surface area (TPSA) is 71.1 Å². The fourth-order valence-corrected chi connectivity index (χ4v) is 1.69. The number of hydrogen-bond acceptors (Lipinski definition) is 3. The zero-order valence-corrected chi connectivity index (χ0v) is 9.93. The largest absolute Gasteiger partial charge is 0.338 e. The van der Waals surface area contributed by atoms with Crippen LogP contribution in [0.25, 0.3) is 10.8 Å². The van der Waals surface area contributed by atoms with E-state index < -0.39 is 0 Å². The van der Waals surface area contributed by atoms with E-state index in [1.165, 1.54) is 0 Å². The van der Waals surface area contributed by atoms with Gasteiger partial charge < -0.3 is 5.32 Å². The summed E-state index contributed by atoms with van der Waals surface area (Å²) in [6.07, 6.45) is 2.38. The smallest absolute Gasteiger partial charge is 0.320 e. The standard InChI is InChI=1S/C13H13N3O2/c1-2-14-13(18)16-12-6-9-4-3-5-10(8-17)11(9)7-15-12/h3-8H,2H2,1H3,(H2,14,15,16,18). The molecule has 1 aromatic heterocycles. The molecule has 0 aliphatic carbocycles. The molecule has 5 heteroatoms. The van der Waals surface area contributed by atoms with Gasteiger partial charge in [0.25, 0.3) is 0 Å². The number of carbonyl (C=O) groups is 2. The first-order valence-electron chi connectivity index (χ1n) is 5.63. The second-order valence-corrected chi connectivity index (χ2v) is 3.74. The number of benzene rings is 1. The molecule has 1 aromatic carbocycles. The van der Waals surface area contributed by atoms with Crippen molar-refractivity contribution < 1.29 is 9.59 Å². The summed E-state index contributed by atoms with van der Waals surface area (Å²) >= 11 is 0. The summed E-state index contributed by atoms with van der Waals surface area (Å²) in [5.41, 5.74) is 0.588. The van der Waals surface area contributed by atoms with Crippen LogP contribution in [-0.2, 0) is 0 Å². The van der Waals surface area contributed by atoms with E-state index in [0.29, 0.717) is 17.9 Å². The molecule has 2 aromatic rings. The SMILES string of the molecule is CCNC(=O)Nc1cc2cccc(C=O)c2cn1. The van der Waals surface area contributed by atoms with Crippen LogP contribution in [-0.4, -0.2) is 23.8 Å². The fraction of sp³-hybridized carbons (Fsp3) is 0.154. The van der Waals surface area contributed by atoms with E-state index in [1.807, 2.05) is 13.0 Å². The van der Waals surface area contributed by atoms with Gasteiger partial charge in [0.2, 0.25) is 0 Å². The Bertz CT molecular complexity index is 596. The molecule has 0 atom stereocenters. The van der Waals surface area contributed by atoms with Gasteiger partial charge in [-0.25, -0.2) is 9.78 Å². The van der Waals surface area contributed by atoms with Crippen molar-refractivity contribution in [3.8, 4) is 0 Å². The lowest BCUT2D eigenvalue weighted by molar-refractivity contribution is 0.112. The minimum absolute atomic E-state index is 0.295. The van der Waals surface area contributed by atoms with Gasteiger partial charge in [-0.15, -0.1) is 0 Å². The number of amides is 2. The molecule has 0 spiro atoms. The molecule has 0 saturated carbocycles. The van der Waals surface area contributed by atoms with Gasteiger partial charge >= 0.3 is 6.03 Å². The Kier molecular flexibility index (Phi) is 3.52. The fourth-order valence-electron chi connectivity index (χ4n) is 1.69. The normalized spacial score (nSPS) is 10.1. The van der Waals surface area contributed by atoms with Crippen molar-refractivity contribution in [2.45, 2.75) is 6.92 Å². The maximum atomic E-state index is 11.4. The third-order valence-corrected chi connectivity index (χ3v) is 2.50. The summed E-state index contributed by atoms with van der Waals surface area (Å²) in [4.78, 5) is 26.3. The zero-order chi connectivity index (χ0) is 13.0. The van der Waals surface area contributed by atoms with Crippen molar-refractivity contribution in [1.82, 2.24) is 10.3 Å². The molecule has 2 amide bonds. The highest BCUT2D eigenvalue weighted by atomic mass is 16.2. The minimum Gasteiger partial charge on any atom is -0.338 e. The lowest BCUT2D eigenvalue weighted by Gasteiger charge is -2.06. The quantitative estimate of drug-likeness (QED) is 0.812. The van der Waals surface area contributed by atoms with Gasteiger partial charge in [-0.05, 0) is 18.4 Å². The Hall–Kier alpha value is -2.43. The predicted molar refractivity (Wildman–Crippen MR) is 69.8 cm³/mol. The number of hydrogen-bond donors (Lipinski definition) is 2. The average Bonchev–Trinajstić information content (AvgIpc) is 2.38. The maximum Gasteiger partial charge on any atom is 0.320 e. The average molecular weight is 243 g/mol. The van der Waals surface area contributed by atoms with E-state index in [4.69, 9.17) is 0 Å². The number of nitrogens with one attached hydrogen (secondary N) is 2. The van der Waals surface area contributed by atoms with E-state index in [-0.39, 0.29) is 6.03 Å². The highest BCUT2D eigenvalue weighted by molar-refractivity contribution is 5.99. The number of fused-ring (bicyclic) bond motifs is 1. The van der Waals surface area contributed by atoms with Crippen LogP contribution in [0, 0.1) is 0 Å². The van der Waals surface area contributed by atoms with Crippen LogP contribution < -0.4 is 10.6 Å². The Labute approximate surface area is 104 Å². The van der Waals surface area contributed by atoms with E-state index >= 15 is 0 Å². The van der Waals surface area contributed by atoms with Crippen LogP contribution in [0.4, 0.5) is 10.6 Å². The molecular weight excluding hydrogens is 230 g/mol. The molecule has 0 aliphatic heterocycles. The molecule has 0 bridgehead atoms. The first-order valence-corrected chi connectivity index (χ1v) is 5.63. The van der Waals surface area contributed by atoms with E-state index in [1.54, 1.807) is 24.4 Å². The van der Waals surface area contributed by atoms with E-state index in [0.717, 1.165) is 17.1 Å². The summed E-state index contributed by atoms with van der Waals surface area (Å²) in [6, 6.07) is 6.83. The van der Waals surface area contributed by atoms with Crippen LogP contribution in [0.15, 0.2) is 30.5 Å². The zero-order valence-electron chi connectivity index (χ0n) is 9.93. The summed E-state index contributed by atoms with van der Waals surface area (Å²) in [6.45, 7) is 2.39. The van der Waals surface area contributed by atoms with Gasteiger partial charge in [0.1, 0.15) is 5.82 Å². The number of aldehydes is 1. The minimum atomic E-state index is -0.295. The van der Waals surface area contributed by atoms with Crippen molar-refractivity contribution in [2.75, 3.05) is 11.9 Å².